The molecule has 0 saturated carbocycles. The van der Waals surface area contributed by atoms with Gasteiger partial charge in [-0.2, -0.15) is 0 Å². The predicted molar refractivity (Wildman–Crippen MR) is 106 cm³/mol. The van der Waals surface area contributed by atoms with E-state index in [1.54, 1.807) is 0 Å². The van der Waals surface area contributed by atoms with Crippen molar-refractivity contribution >= 4 is 41.5 Å². The number of carbonyl (C=O) groups excluding carboxylic acids is 4. The van der Waals surface area contributed by atoms with Crippen LogP contribution in [0.4, 0.5) is 0 Å². The topological polar surface area (TPSA) is 228 Å². The van der Waals surface area contributed by atoms with Crippen LogP contribution < -0.4 is 21.3 Å². The van der Waals surface area contributed by atoms with Gasteiger partial charge in [-0.25, -0.2) is 4.79 Å². The Morgan fingerprint density at radius 1 is 0.781 bits per heavy atom. The van der Waals surface area contributed by atoms with Crippen LogP contribution in [0.15, 0.2) is 0 Å². The second-order valence-electron chi connectivity index (χ2n) is 7.19. The quantitative estimate of drug-likeness (QED) is 0.146. The number of hydrogen-bond acceptors (Lipinski definition) is 7. The molecule has 14 heteroatoms. The maximum Gasteiger partial charge on any atom is 0.326 e. The first kappa shape index (κ1) is 28.3. The van der Waals surface area contributed by atoms with Gasteiger partial charge in [0.05, 0.1) is 13.0 Å². The van der Waals surface area contributed by atoms with E-state index in [0.717, 1.165) is 6.92 Å². The molecule has 0 bridgehead atoms. The highest BCUT2D eigenvalue weighted by atomic mass is 16.4. The molecule has 7 N–H and O–H groups in total. The molecule has 180 valence electrons. The van der Waals surface area contributed by atoms with E-state index in [1.807, 2.05) is 0 Å². The lowest BCUT2D eigenvalue weighted by atomic mass is 10.0. The van der Waals surface area contributed by atoms with Gasteiger partial charge in [0.1, 0.15) is 18.1 Å². The van der Waals surface area contributed by atoms with Gasteiger partial charge in [0.2, 0.25) is 23.6 Å². The number of carbonyl (C=O) groups is 7. The summed E-state index contributed by atoms with van der Waals surface area (Å²) >= 11 is 0. The minimum absolute atomic E-state index is 0.393. The maximum atomic E-state index is 12.6. The van der Waals surface area contributed by atoms with Gasteiger partial charge in [-0.3, -0.25) is 28.8 Å². The fourth-order valence-electron chi connectivity index (χ4n) is 2.41. The number of amides is 4. The summed E-state index contributed by atoms with van der Waals surface area (Å²) in [4.78, 5) is 80.8. The molecule has 0 aliphatic heterocycles. The Bertz CT molecular complexity index is 752. The molecule has 32 heavy (non-hydrogen) atoms. The van der Waals surface area contributed by atoms with Gasteiger partial charge in [-0.1, -0.05) is 13.8 Å². The molecule has 0 radical (unpaired) electrons. The molecule has 0 aromatic rings. The van der Waals surface area contributed by atoms with Crippen molar-refractivity contribution in [2.75, 3.05) is 6.54 Å². The highest BCUT2D eigenvalue weighted by Crippen LogP contribution is 2.06. The smallest absolute Gasteiger partial charge is 0.326 e. The summed E-state index contributed by atoms with van der Waals surface area (Å²) in [6.07, 6.45) is -1.73. The van der Waals surface area contributed by atoms with Crippen molar-refractivity contribution in [1.29, 1.82) is 0 Å². The van der Waals surface area contributed by atoms with Gasteiger partial charge >= 0.3 is 17.9 Å². The summed E-state index contributed by atoms with van der Waals surface area (Å²) in [5.41, 5.74) is 0. The zero-order chi connectivity index (χ0) is 25.0. The largest absolute Gasteiger partial charge is 0.481 e. The molecule has 0 aliphatic rings. The summed E-state index contributed by atoms with van der Waals surface area (Å²) in [5.74, 6) is -8.03. The van der Waals surface area contributed by atoms with Crippen LogP contribution in [0.1, 0.15) is 40.0 Å². The molecular formula is C18H28N4O10. The molecule has 0 fully saturated rings. The first-order chi connectivity index (χ1) is 14.7. The second-order valence-corrected chi connectivity index (χ2v) is 7.19. The molecule has 0 aliphatic carbocycles. The Labute approximate surface area is 183 Å². The maximum absolute atomic E-state index is 12.6. The van der Waals surface area contributed by atoms with E-state index >= 15 is 0 Å². The standard InChI is InChI=1S/C18H28N4O10/c1-8(2)15(17(30)21-10(18(31)32)4-5-13(25)26)22-16(29)11(6-14(27)28)20-12(24)7-19-9(3)23/h8,10-11,15H,4-7H2,1-3H3,(H,19,23)(H,20,24)(H,21,30)(H,22,29)(H,25,26)(H,27,28)(H,31,32)/t10-,11-,15-/m0/s1. The van der Waals surface area contributed by atoms with Crippen LogP contribution in [0.2, 0.25) is 0 Å². The van der Waals surface area contributed by atoms with E-state index in [-0.39, 0.29) is 0 Å². The fourth-order valence-corrected chi connectivity index (χ4v) is 2.41. The number of nitrogens with one attached hydrogen (secondary N) is 4. The monoisotopic (exact) mass is 460 g/mol. The van der Waals surface area contributed by atoms with E-state index < -0.39 is 91.4 Å². The molecule has 0 rings (SSSR count). The summed E-state index contributed by atoms with van der Waals surface area (Å²) < 4.78 is 0. The van der Waals surface area contributed by atoms with E-state index in [0.29, 0.717) is 0 Å². The average Bonchev–Trinajstić information content (AvgIpc) is 2.65. The van der Waals surface area contributed by atoms with E-state index in [1.165, 1.54) is 13.8 Å². The summed E-state index contributed by atoms with van der Waals surface area (Å²) in [7, 11) is 0. The lowest BCUT2D eigenvalue weighted by Gasteiger charge is -2.26. The molecule has 0 spiro atoms. The predicted octanol–water partition coefficient (Wildman–Crippen LogP) is -2.34. The van der Waals surface area contributed by atoms with Crippen molar-refractivity contribution in [3.8, 4) is 0 Å². The Hall–Kier alpha value is -3.71. The van der Waals surface area contributed by atoms with Gasteiger partial charge in [-0.05, 0) is 12.3 Å². The van der Waals surface area contributed by atoms with Crippen LogP contribution in [0, 0.1) is 5.92 Å². The first-order valence-corrected chi connectivity index (χ1v) is 9.55. The molecule has 3 atom stereocenters. The molecule has 4 amide bonds. The van der Waals surface area contributed by atoms with E-state index in [9.17, 15) is 38.7 Å². The minimum Gasteiger partial charge on any atom is -0.481 e. The van der Waals surface area contributed by atoms with Crippen LogP contribution in [0.3, 0.4) is 0 Å². The SMILES string of the molecule is CC(=O)NCC(=O)N[C@@H](CC(=O)O)C(=O)N[C@H](C(=O)N[C@@H](CCC(=O)O)C(=O)O)C(C)C. The van der Waals surface area contributed by atoms with Crippen molar-refractivity contribution in [3.05, 3.63) is 0 Å². The third-order valence-electron chi connectivity index (χ3n) is 4.04. The Balaban J connectivity index is 5.34. The molecule has 0 aromatic heterocycles. The Kier molecular flexibility index (Phi) is 12.0. The third-order valence-corrected chi connectivity index (χ3v) is 4.04. The number of carboxylic acids is 3. The minimum atomic E-state index is -1.58. The van der Waals surface area contributed by atoms with E-state index in [4.69, 9.17) is 10.2 Å². The lowest BCUT2D eigenvalue weighted by Crippen LogP contribution is -2.58. The first-order valence-electron chi connectivity index (χ1n) is 9.55. The Morgan fingerprint density at radius 3 is 1.81 bits per heavy atom. The molecule has 14 nitrogen and oxygen atoms in total. The summed E-state index contributed by atoms with van der Waals surface area (Å²) in [6, 6.07) is -4.41. The van der Waals surface area contributed by atoms with Gasteiger partial charge in [-0.15, -0.1) is 0 Å². The summed E-state index contributed by atoms with van der Waals surface area (Å²) in [6.45, 7) is 3.70. The molecular weight excluding hydrogens is 432 g/mol. The van der Waals surface area contributed by atoms with Crippen molar-refractivity contribution in [1.82, 2.24) is 21.3 Å². The van der Waals surface area contributed by atoms with Gasteiger partial charge in [0.25, 0.3) is 0 Å². The number of hydrogen-bond donors (Lipinski definition) is 7. The molecule has 0 unspecified atom stereocenters. The van der Waals surface area contributed by atoms with E-state index in [2.05, 4.69) is 21.3 Å². The van der Waals surface area contributed by atoms with Crippen LogP contribution in [-0.4, -0.2) is 81.5 Å². The van der Waals surface area contributed by atoms with Gasteiger partial charge < -0.3 is 36.6 Å². The molecule has 0 heterocycles. The zero-order valence-corrected chi connectivity index (χ0v) is 17.8. The number of carboxylic acid groups (broad SMARTS) is 3. The number of rotatable bonds is 14. The van der Waals surface area contributed by atoms with Crippen molar-refractivity contribution in [2.45, 2.75) is 58.2 Å². The van der Waals surface area contributed by atoms with Crippen molar-refractivity contribution in [3.63, 3.8) is 0 Å². The zero-order valence-electron chi connectivity index (χ0n) is 17.8. The number of aliphatic carboxylic acids is 3. The van der Waals surface area contributed by atoms with Crippen LogP contribution in [0.5, 0.6) is 0 Å². The second kappa shape index (κ2) is 13.6. The highest BCUT2D eigenvalue weighted by molar-refractivity contribution is 5.95. The molecule has 0 aromatic carbocycles. The third kappa shape index (κ3) is 11.5. The van der Waals surface area contributed by atoms with Crippen molar-refractivity contribution in [2.24, 2.45) is 5.92 Å². The van der Waals surface area contributed by atoms with Gasteiger partial charge in [0.15, 0.2) is 0 Å². The van der Waals surface area contributed by atoms with Crippen LogP contribution >= 0.6 is 0 Å². The van der Waals surface area contributed by atoms with Gasteiger partial charge in [0, 0.05) is 13.3 Å². The Morgan fingerprint density at radius 2 is 1.38 bits per heavy atom. The van der Waals surface area contributed by atoms with Crippen LogP contribution in [0.25, 0.3) is 0 Å². The van der Waals surface area contributed by atoms with Crippen molar-refractivity contribution < 1.29 is 48.9 Å². The fraction of sp³-hybridized carbons (Fsp3) is 0.611. The molecule has 0 saturated heterocycles. The average molecular weight is 460 g/mol. The normalized spacial score (nSPS) is 13.2. The summed E-state index contributed by atoms with van der Waals surface area (Å²) in [5, 5.41) is 35.6. The highest BCUT2D eigenvalue weighted by Gasteiger charge is 2.32. The van der Waals surface area contributed by atoms with Crippen LogP contribution in [-0.2, 0) is 33.6 Å². The lowest BCUT2D eigenvalue weighted by molar-refractivity contribution is -0.144.